The molecule has 0 aromatic heterocycles. The topological polar surface area (TPSA) is 77.5 Å². The summed E-state index contributed by atoms with van der Waals surface area (Å²) in [6.07, 6.45) is 1.79. The second kappa shape index (κ2) is 10.5. The molecule has 0 bridgehead atoms. The Balaban J connectivity index is 1.61. The molecule has 0 unspecified atom stereocenters. The number of aromatic hydroxyl groups is 1. The van der Waals surface area contributed by atoms with Crippen LogP contribution in [0.1, 0.15) is 27.0 Å². The summed E-state index contributed by atoms with van der Waals surface area (Å²) in [5.74, 6) is 2.25. The van der Waals surface area contributed by atoms with Gasteiger partial charge < -0.3 is 24.1 Å². The Kier molecular flexibility index (Phi) is 7.27. The largest absolute Gasteiger partial charge is 0.508 e. The highest BCUT2D eigenvalue weighted by Gasteiger charge is 2.26. The van der Waals surface area contributed by atoms with Gasteiger partial charge in [-0.15, -0.1) is 0 Å². The molecule has 0 atom stereocenters. The van der Waals surface area contributed by atoms with Gasteiger partial charge in [-0.1, -0.05) is 30.3 Å². The summed E-state index contributed by atoms with van der Waals surface area (Å²) in [7, 11) is 6.68. The third-order valence-corrected chi connectivity index (χ3v) is 5.98. The van der Waals surface area contributed by atoms with Gasteiger partial charge in [0.1, 0.15) is 23.9 Å². The summed E-state index contributed by atoms with van der Waals surface area (Å²) >= 11 is 0. The molecule has 1 aliphatic heterocycles. The summed E-state index contributed by atoms with van der Waals surface area (Å²) in [4.78, 5) is 15.4. The van der Waals surface area contributed by atoms with E-state index in [0.717, 1.165) is 22.4 Å². The first-order valence-electron chi connectivity index (χ1n) is 11.2. The van der Waals surface area contributed by atoms with E-state index in [9.17, 15) is 9.90 Å². The number of nitrogens with zero attached hydrogens (tertiary/aromatic N) is 1. The van der Waals surface area contributed by atoms with Gasteiger partial charge in [-0.2, -0.15) is 0 Å². The Labute approximate surface area is 205 Å². The van der Waals surface area contributed by atoms with Crippen molar-refractivity contribution in [1.82, 2.24) is 4.90 Å². The fraction of sp³-hybridized carbons (Fsp3) is 0.250. The maximum absolute atomic E-state index is 13.3. The molecule has 182 valence electrons. The van der Waals surface area contributed by atoms with Crippen LogP contribution in [0.2, 0.25) is 0 Å². The number of fused-ring (bicyclic) bond motifs is 1. The molecule has 0 saturated carbocycles. The molecule has 1 aliphatic rings. The van der Waals surface area contributed by atoms with E-state index in [1.165, 1.54) is 14.2 Å². The van der Waals surface area contributed by atoms with E-state index in [4.69, 9.17) is 18.9 Å². The summed E-state index contributed by atoms with van der Waals surface area (Å²) < 4.78 is 22.0. The van der Waals surface area contributed by atoms with E-state index in [0.29, 0.717) is 41.5 Å². The molecule has 0 radical (unpaired) electrons. The van der Waals surface area contributed by atoms with Crippen LogP contribution in [0.4, 0.5) is 0 Å². The van der Waals surface area contributed by atoms with Gasteiger partial charge in [-0.05, 0) is 36.9 Å². The average Bonchev–Trinajstić information content (AvgIpc) is 2.87. The van der Waals surface area contributed by atoms with Crippen LogP contribution in [-0.4, -0.2) is 50.8 Å². The van der Waals surface area contributed by atoms with Crippen molar-refractivity contribution >= 4 is 11.9 Å². The lowest BCUT2D eigenvalue weighted by molar-refractivity contribution is 0.1000. The first kappa shape index (κ1) is 24.2. The zero-order chi connectivity index (χ0) is 24.9. The van der Waals surface area contributed by atoms with Crippen LogP contribution in [0.5, 0.6) is 28.7 Å². The third-order valence-electron chi connectivity index (χ3n) is 5.98. The van der Waals surface area contributed by atoms with Crippen LogP contribution in [0, 0.1) is 0 Å². The van der Waals surface area contributed by atoms with Gasteiger partial charge in [0.15, 0.2) is 17.3 Å². The maximum atomic E-state index is 13.3. The summed E-state index contributed by atoms with van der Waals surface area (Å²) in [5, 5.41) is 10.7. The highest BCUT2D eigenvalue weighted by Crippen LogP contribution is 2.38. The normalized spacial score (nSPS) is 14.0. The fourth-order valence-electron chi connectivity index (χ4n) is 4.20. The maximum Gasteiger partial charge on any atom is 0.196 e. The fourth-order valence-corrected chi connectivity index (χ4v) is 4.20. The number of para-hydroxylation sites is 1. The quantitative estimate of drug-likeness (QED) is 0.473. The monoisotopic (exact) mass is 475 g/mol. The molecular formula is C28H29NO6. The van der Waals surface area contributed by atoms with E-state index in [1.807, 2.05) is 37.4 Å². The number of methoxy groups -OCH3 is 3. The van der Waals surface area contributed by atoms with Crippen LogP contribution in [0.3, 0.4) is 0 Å². The lowest BCUT2D eigenvalue weighted by Crippen LogP contribution is -2.20. The highest BCUT2D eigenvalue weighted by atomic mass is 16.5. The Morgan fingerprint density at radius 3 is 2.40 bits per heavy atom. The zero-order valence-electron chi connectivity index (χ0n) is 20.3. The number of phenolic OH excluding ortho intramolecular Hbond substituents is 1. The summed E-state index contributed by atoms with van der Waals surface area (Å²) in [6.45, 7) is 1.22. The van der Waals surface area contributed by atoms with Gasteiger partial charge >= 0.3 is 0 Å². The smallest absolute Gasteiger partial charge is 0.196 e. The number of rotatable bonds is 8. The number of benzene rings is 3. The molecule has 0 amide bonds. The van der Waals surface area contributed by atoms with Crippen molar-refractivity contribution in [2.45, 2.75) is 13.1 Å². The van der Waals surface area contributed by atoms with Crippen LogP contribution in [-0.2, 0) is 13.1 Å². The van der Waals surface area contributed by atoms with Gasteiger partial charge in [0, 0.05) is 35.9 Å². The first-order valence-corrected chi connectivity index (χ1v) is 11.2. The average molecular weight is 476 g/mol. The summed E-state index contributed by atoms with van der Waals surface area (Å²) in [6, 6.07) is 16.4. The standard InChI is InChI=1S/C28H29NO6/c1-29(15-19-8-5-6-11-24(19)32-2)16-22-18(9-7-10-23(22)30)12-20-17-35-25-14-27(34-4)26(33-3)13-21(25)28(20)31/h5-14,30H,15-17H2,1-4H3/b20-12+. The van der Waals surface area contributed by atoms with Gasteiger partial charge in [-0.3, -0.25) is 9.69 Å². The SMILES string of the molecule is COc1ccccc1CN(C)Cc1c(O)cccc1/C=C1\COc2cc(OC)c(OC)cc2C1=O. The van der Waals surface area contributed by atoms with Crippen molar-refractivity contribution < 1.29 is 28.8 Å². The molecule has 7 heteroatoms. The highest BCUT2D eigenvalue weighted by molar-refractivity contribution is 6.14. The number of ketones is 1. The van der Waals surface area contributed by atoms with Crippen molar-refractivity contribution in [2.75, 3.05) is 35.0 Å². The van der Waals surface area contributed by atoms with E-state index in [2.05, 4.69) is 4.90 Å². The second-order valence-electron chi connectivity index (χ2n) is 8.32. The second-order valence-corrected chi connectivity index (χ2v) is 8.32. The minimum absolute atomic E-state index is 0.119. The van der Waals surface area contributed by atoms with E-state index in [-0.39, 0.29) is 18.1 Å². The van der Waals surface area contributed by atoms with Gasteiger partial charge in [0.25, 0.3) is 0 Å². The number of carbonyl (C=O) groups excluding carboxylic acids is 1. The number of phenols is 1. The Morgan fingerprint density at radius 1 is 0.943 bits per heavy atom. The zero-order valence-corrected chi connectivity index (χ0v) is 20.3. The molecule has 1 N–H and O–H groups in total. The Hall–Kier alpha value is -3.97. The van der Waals surface area contributed by atoms with Crippen molar-refractivity contribution in [2.24, 2.45) is 0 Å². The Morgan fingerprint density at radius 2 is 1.66 bits per heavy atom. The lowest BCUT2D eigenvalue weighted by atomic mass is 9.96. The van der Waals surface area contributed by atoms with Gasteiger partial charge in [0.2, 0.25) is 0 Å². The van der Waals surface area contributed by atoms with Crippen molar-refractivity contribution in [3.8, 4) is 28.7 Å². The van der Waals surface area contributed by atoms with Crippen molar-refractivity contribution in [3.63, 3.8) is 0 Å². The van der Waals surface area contributed by atoms with Crippen molar-refractivity contribution in [3.05, 3.63) is 82.4 Å². The molecule has 0 saturated heterocycles. The molecule has 4 rings (SSSR count). The molecule has 3 aromatic carbocycles. The predicted molar refractivity (Wildman–Crippen MR) is 134 cm³/mol. The molecule has 0 fully saturated rings. The number of carbonyl (C=O) groups is 1. The number of hydrogen-bond acceptors (Lipinski definition) is 7. The molecule has 1 heterocycles. The number of hydrogen-bond donors (Lipinski definition) is 1. The number of Topliss-reactive ketones (excluding diaryl/α,β-unsaturated/α-hetero) is 1. The minimum atomic E-state index is -0.149. The first-order chi connectivity index (χ1) is 16.9. The van der Waals surface area contributed by atoms with Crippen molar-refractivity contribution in [1.29, 1.82) is 0 Å². The number of ether oxygens (including phenoxy) is 4. The minimum Gasteiger partial charge on any atom is -0.508 e. The molecular weight excluding hydrogens is 446 g/mol. The van der Waals surface area contributed by atoms with Crippen LogP contribution < -0.4 is 18.9 Å². The van der Waals surface area contributed by atoms with Crippen LogP contribution in [0.25, 0.3) is 6.08 Å². The van der Waals surface area contributed by atoms with Gasteiger partial charge in [-0.25, -0.2) is 0 Å². The predicted octanol–water partition coefficient (Wildman–Crippen LogP) is 4.71. The Bertz CT molecular complexity index is 1270. The van der Waals surface area contributed by atoms with E-state index < -0.39 is 0 Å². The summed E-state index contributed by atoms with van der Waals surface area (Å²) in [5.41, 5.74) is 3.43. The molecule has 7 nitrogen and oxygen atoms in total. The molecule has 35 heavy (non-hydrogen) atoms. The molecule has 0 spiro atoms. The van der Waals surface area contributed by atoms with Crippen LogP contribution in [0.15, 0.2) is 60.2 Å². The lowest BCUT2D eigenvalue weighted by Gasteiger charge is -2.22. The van der Waals surface area contributed by atoms with Gasteiger partial charge in [0.05, 0.1) is 26.9 Å². The molecule has 3 aromatic rings. The van der Waals surface area contributed by atoms with E-state index in [1.54, 1.807) is 37.5 Å². The van der Waals surface area contributed by atoms with Crippen LogP contribution >= 0.6 is 0 Å². The van der Waals surface area contributed by atoms with E-state index >= 15 is 0 Å². The third kappa shape index (κ3) is 5.10. The molecule has 0 aliphatic carbocycles.